The summed E-state index contributed by atoms with van der Waals surface area (Å²) in [6.07, 6.45) is 0.286. The van der Waals surface area contributed by atoms with Crippen LogP contribution >= 0.6 is 0 Å². The van der Waals surface area contributed by atoms with Gasteiger partial charge in [0.25, 0.3) is 0 Å². The number of amides is 2. The fourth-order valence-corrected chi connectivity index (χ4v) is 2.30. The van der Waals surface area contributed by atoms with Crippen LogP contribution in [0.2, 0.25) is 0 Å². The van der Waals surface area contributed by atoms with Gasteiger partial charge in [-0.2, -0.15) is 0 Å². The van der Waals surface area contributed by atoms with Crippen molar-refractivity contribution in [3.63, 3.8) is 0 Å². The minimum atomic E-state index is -1.01. The average molecular weight is 256 g/mol. The lowest BCUT2D eigenvalue weighted by molar-refractivity contribution is -0.154. The number of aliphatic carboxylic acids is 1. The smallest absolute Gasteiger partial charge is 0.334 e. The Kier molecular flexibility index (Phi) is 3.75. The Morgan fingerprint density at radius 2 is 2.17 bits per heavy atom. The lowest BCUT2D eigenvalue weighted by Crippen LogP contribution is -2.52. The monoisotopic (exact) mass is 256 g/mol. The minimum absolute atomic E-state index is 0.0938. The Morgan fingerprint density at radius 3 is 2.72 bits per heavy atom. The molecule has 2 fully saturated rings. The molecular weight excluding hydrogens is 236 g/mol. The van der Waals surface area contributed by atoms with Crippen molar-refractivity contribution in [3.05, 3.63) is 0 Å². The van der Waals surface area contributed by atoms with Gasteiger partial charge in [0.2, 0.25) is 0 Å². The number of ether oxygens (including phenoxy) is 1. The maximum Gasteiger partial charge on any atom is 0.334 e. The van der Waals surface area contributed by atoms with Crippen molar-refractivity contribution in [3.8, 4) is 0 Å². The van der Waals surface area contributed by atoms with Gasteiger partial charge in [0.15, 0.2) is 6.10 Å². The molecule has 1 heterocycles. The summed E-state index contributed by atoms with van der Waals surface area (Å²) in [7, 11) is 1.78. The van der Waals surface area contributed by atoms with Crippen molar-refractivity contribution in [2.75, 3.05) is 33.3 Å². The third-order valence-corrected chi connectivity index (χ3v) is 3.72. The van der Waals surface area contributed by atoms with Gasteiger partial charge in [-0.25, -0.2) is 9.59 Å². The highest BCUT2D eigenvalue weighted by Gasteiger charge is 2.36. The predicted molar refractivity (Wildman–Crippen MR) is 64.2 cm³/mol. The molecule has 2 aliphatic rings. The van der Waals surface area contributed by atoms with E-state index in [1.54, 1.807) is 16.8 Å². The summed E-state index contributed by atoms with van der Waals surface area (Å²) in [6.45, 7) is 3.83. The molecule has 3 atom stereocenters. The zero-order valence-electron chi connectivity index (χ0n) is 10.8. The molecule has 1 aliphatic carbocycles. The molecule has 3 unspecified atom stereocenters. The van der Waals surface area contributed by atoms with Gasteiger partial charge in [0, 0.05) is 20.1 Å². The molecule has 1 N–H and O–H groups in total. The standard InChI is InChI=1S/C12H20N2O4/c1-8-5-9(8)6-13(2)12(17)14-3-4-18-10(7-14)11(15)16/h8-10H,3-7H2,1-2H3,(H,15,16). The largest absolute Gasteiger partial charge is 0.479 e. The molecule has 1 saturated heterocycles. The molecular formula is C12H20N2O4. The summed E-state index contributed by atoms with van der Waals surface area (Å²) in [5.41, 5.74) is 0. The Morgan fingerprint density at radius 1 is 1.50 bits per heavy atom. The van der Waals surface area contributed by atoms with Gasteiger partial charge in [-0.05, 0) is 18.3 Å². The molecule has 6 heteroatoms. The van der Waals surface area contributed by atoms with E-state index >= 15 is 0 Å². The molecule has 0 aromatic heterocycles. The maximum atomic E-state index is 12.1. The highest BCUT2D eigenvalue weighted by Crippen LogP contribution is 2.38. The highest BCUT2D eigenvalue weighted by atomic mass is 16.5. The zero-order valence-corrected chi connectivity index (χ0v) is 10.8. The molecule has 6 nitrogen and oxygen atoms in total. The number of rotatable bonds is 3. The quantitative estimate of drug-likeness (QED) is 0.797. The van der Waals surface area contributed by atoms with Gasteiger partial charge in [0.1, 0.15) is 0 Å². The Hall–Kier alpha value is -1.30. The van der Waals surface area contributed by atoms with Gasteiger partial charge in [-0.15, -0.1) is 0 Å². The van der Waals surface area contributed by atoms with Crippen LogP contribution in [0.1, 0.15) is 13.3 Å². The van der Waals surface area contributed by atoms with E-state index < -0.39 is 12.1 Å². The Labute approximate surface area is 106 Å². The van der Waals surface area contributed by atoms with Gasteiger partial charge in [-0.3, -0.25) is 0 Å². The molecule has 18 heavy (non-hydrogen) atoms. The topological polar surface area (TPSA) is 70.1 Å². The lowest BCUT2D eigenvalue weighted by atomic mass is 10.3. The van der Waals surface area contributed by atoms with E-state index in [1.165, 1.54) is 6.42 Å². The first-order chi connectivity index (χ1) is 8.49. The second-order valence-corrected chi connectivity index (χ2v) is 5.28. The lowest BCUT2D eigenvalue weighted by Gasteiger charge is -2.33. The summed E-state index contributed by atoms with van der Waals surface area (Å²) in [5, 5.41) is 8.89. The number of carboxylic acid groups (broad SMARTS) is 1. The third kappa shape index (κ3) is 2.93. The number of morpholine rings is 1. The SMILES string of the molecule is CC1CC1CN(C)C(=O)N1CCOC(C(=O)O)C1. The first kappa shape index (κ1) is 13.1. The molecule has 2 rings (SSSR count). The Bertz CT molecular complexity index is 347. The van der Waals surface area contributed by atoms with Crippen molar-refractivity contribution in [1.29, 1.82) is 0 Å². The molecule has 1 aliphatic heterocycles. The van der Waals surface area contributed by atoms with Crippen molar-refractivity contribution in [1.82, 2.24) is 9.80 Å². The number of hydrogen-bond donors (Lipinski definition) is 1. The van der Waals surface area contributed by atoms with Crippen molar-refractivity contribution in [2.24, 2.45) is 11.8 Å². The van der Waals surface area contributed by atoms with Gasteiger partial charge in [-0.1, -0.05) is 6.92 Å². The Balaban J connectivity index is 1.85. The fraction of sp³-hybridized carbons (Fsp3) is 0.833. The third-order valence-electron chi connectivity index (χ3n) is 3.72. The van der Waals surface area contributed by atoms with E-state index in [-0.39, 0.29) is 19.2 Å². The maximum absolute atomic E-state index is 12.1. The summed E-state index contributed by atoms with van der Waals surface area (Å²) in [4.78, 5) is 26.2. The number of urea groups is 1. The number of carbonyl (C=O) groups excluding carboxylic acids is 1. The molecule has 2 amide bonds. The average Bonchev–Trinajstić information content (AvgIpc) is 3.04. The summed E-state index contributed by atoms with van der Waals surface area (Å²) in [6, 6.07) is -0.0938. The number of hydrogen-bond acceptors (Lipinski definition) is 3. The van der Waals surface area contributed by atoms with E-state index in [0.29, 0.717) is 18.4 Å². The van der Waals surface area contributed by atoms with E-state index in [0.717, 1.165) is 6.54 Å². The van der Waals surface area contributed by atoms with Crippen LogP contribution < -0.4 is 0 Å². The van der Waals surface area contributed by atoms with Crippen molar-refractivity contribution in [2.45, 2.75) is 19.4 Å². The van der Waals surface area contributed by atoms with E-state index in [9.17, 15) is 9.59 Å². The van der Waals surface area contributed by atoms with Crippen LogP contribution in [0, 0.1) is 11.8 Å². The van der Waals surface area contributed by atoms with Gasteiger partial charge >= 0.3 is 12.0 Å². The minimum Gasteiger partial charge on any atom is -0.479 e. The highest BCUT2D eigenvalue weighted by molar-refractivity contribution is 5.77. The molecule has 0 spiro atoms. The van der Waals surface area contributed by atoms with E-state index in [4.69, 9.17) is 9.84 Å². The molecule has 0 aromatic carbocycles. The summed E-state index contributed by atoms with van der Waals surface area (Å²) >= 11 is 0. The predicted octanol–water partition coefficient (Wildman–Crippen LogP) is 0.480. The van der Waals surface area contributed by atoms with Crippen LogP contribution in [-0.4, -0.2) is 66.3 Å². The van der Waals surface area contributed by atoms with Crippen LogP contribution in [0.4, 0.5) is 4.79 Å². The second kappa shape index (κ2) is 5.14. The molecule has 0 aromatic rings. The van der Waals surface area contributed by atoms with E-state index in [1.807, 2.05) is 0 Å². The number of carboxylic acids is 1. The van der Waals surface area contributed by atoms with Crippen LogP contribution in [0.5, 0.6) is 0 Å². The summed E-state index contributed by atoms with van der Waals surface area (Å²) in [5.74, 6) is 0.304. The summed E-state index contributed by atoms with van der Waals surface area (Å²) < 4.78 is 5.10. The van der Waals surface area contributed by atoms with Gasteiger partial charge in [0.05, 0.1) is 13.2 Å². The van der Waals surface area contributed by atoms with Crippen LogP contribution in [0.25, 0.3) is 0 Å². The molecule has 1 saturated carbocycles. The normalized spacial score (nSPS) is 31.0. The number of carbonyl (C=O) groups is 2. The van der Waals surface area contributed by atoms with Crippen molar-refractivity contribution >= 4 is 12.0 Å². The second-order valence-electron chi connectivity index (χ2n) is 5.28. The van der Waals surface area contributed by atoms with Crippen LogP contribution in [-0.2, 0) is 9.53 Å². The van der Waals surface area contributed by atoms with Crippen molar-refractivity contribution < 1.29 is 19.4 Å². The first-order valence-electron chi connectivity index (χ1n) is 6.33. The van der Waals surface area contributed by atoms with E-state index in [2.05, 4.69) is 6.92 Å². The van der Waals surface area contributed by atoms with Crippen LogP contribution in [0.15, 0.2) is 0 Å². The van der Waals surface area contributed by atoms with Crippen LogP contribution in [0.3, 0.4) is 0 Å². The fourth-order valence-electron chi connectivity index (χ4n) is 2.30. The zero-order chi connectivity index (χ0) is 13.3. The molecule has 0 bridgehead atoms. The first-order valence-corrected chi connectivity index (χ1v) is 6.33. The van der Waals surface area contributed by atoms with Gasteiger partial charge < -0.3 is 19.6 Å². The number of nitrogens with zero attached hydrogens (tertiary/aromatic N) is 2. The molecule has 102 valence electrons. The molecule has 0 radical (unpaired) electrons.